The zero-order valence-corrected chi connectivity index (χ0v) is 10.1. The Morgan fingerprint density at radius 1 is 1.38 bits per heavy atom. The Morgan fingerprint density at radius 3 is 2.50 bits per heavy atom. The van der Waals surface area contributed by atoms with E-state index in [0.29, 0.717) is 19.1 Å². The molecule has 0 aliphatic carbocycles. The van der Waals surface area contributed by atoms with Gasteiger partial charge in [0.1, 0.15) is 5.75 Å². The first-order valence-electron chi connectivity index (χ1n) is 5.62. The van der Waals surface area contributed by atoms with E-state index in [4.69, 9.17) is 15.2 Å². The van der Waals surface area contributed by atoms with Crippen molar-refractivity contribution in [2.24, 2.45) is 5.73 Å². The van der Waals surface area contributed by atoms with Gasteiger partial charge >= 0.3 is 0 Å². The van der Waals surface area contributed by atoms with Crippen LogP contribution in [0.2, 0.25) is 0 Å². The van der Waals surface area contributed by atoms with Crippen molar-refractivity contribution in [1.82, 2.24) is 0 Å². The molecule has 0 bridgehead atoms. The standard InChI is InChI=1S/C13H19NO2/c1-9(2)11-6-10(4-5-12(11)15-3)13(14)7-16-8-13/h4-6,9H,7-8,14H2,1-3H3. The highest BCUT2D eigenvalue weighted by atomic mass is 16.5. The fourth-order valence-electron chi connectivity index (χ4n) is 1.98. The van der Waals surface area contributed by atoms with Gasteiger partial charge in [-0.3, -0.25) is 0 Å². The number of methoxy groups -OCH3 is 1. The molecule has 1 fully saturated rings. The Labute approximate surface area is 96.5 Å². The molecule has 1 aliphatic heterocycles. The van der Waals surface area contributed by atoms with Gasteiger partial charge in [-0.1, -0.05) is 19.9 Å². The van der Waals surface area contributed by atoms with Crippen LogP contribution in [-0.4, -0.2) is 20.3 Å². The minimum absolute atomic E-state index is 0.296. The van der Waals surface area contributed by atoms with Crippen LogP contribution in [-0.2, 0) is 10.3 Å². The average Bonchev–Trinajstić information content (AvgIpc) is 2.25. The number of benzene rings is 1. The maximum Gasteiger partial charge on any atom is 0.122 e. The molecule has 0 unspecified atom stereocenters. The van der Waals surface area contributed by atoms with Crippen molar-refractivity contribution < 1.29 is 9.47 Å². The number of ether oxygens (including phenoxy) is 2. The molecule has 2 rings (SSSR count). The van der Waals surface area contributed by atoms with E-state index < -0.39 is 0 Å². The van der Waals surface area contributed by atoms with Crippen molar-refractivity contribution in [3.63, 3.8) is 0 Å². The van der Waals surface area contributed by atoms with Gasteiger partial charge in [0.25, 0.3) is 0 Å². The molecule has 0 radical (unpaired) electrons. The van der Waals surface area contributed by atoms with Crippen molar-refractivity contribution in [2.75, 3.05) is 20.3 Å². The molecular weight excluding hydrogens is 202 g/mol. The number of rotatable bonds is 3. The van der Waals surface area contributed by atoms with Crippen LogP contribution in [0.3, 0.4) is 0 Å². The van der Waals surface area contributed by atoms with Gasteiger partial charge in [-0.25, -0.2) is 0 Å². The molecule has 0 aromatic heterocycles. The van der Waals surface area contributed by atoms with Crippen LogP contribution in [0.4, 0.5) is 0 Å². The Bertz CT molecular complexity index is 384. The molecular formula is C13H19NO2. The van der Waals surface area contributed by atoms with E-state index in [1.54, 1.807) is 7.11 Å². The van der Waals surface area contributed by atoms with Crippen LogP contribution in [0.1, 0.15) is 30.9 Å². The van der Waals surface area contributed by atoms with E-state index in [1.165, 1.54) is 5.56 Å². The third kappa shape index (κ3) is 1.81. The Balaban J connectivity index is 2.38. The van der Waals surface area contributed by atoms with Crippen LogP contribution in [0, 0.1) is 0 Å². The fraction of sp³-hybridized carbons (Fsp3) is 0.538. The van der Waals surface area contributed by atoms with Crippen molar-refractivity contribution in [2.45, 2.75) is 25.3 Å². The maximum atomic E-state index is 6.22. The van der Waals surface area contributed by atoms with Crippen LogP contribution in [0.5, 0.6) is 5.75 Å². The summed E-state index contributed by atoms with van der Waals surface area (Å²) in [5, 5.41) is 0. The van der Waals surface area contributed by atoms with Gasteiger partial charge in [-0.2, -0.15) is 0 Å². The monoisotopic (exact) mass is 221 g/mol. The highest BCUT2D eigenvalue weighted by Crippen LogP contribution is 2.33. The fourth-order valence-corrected chi connectivity index (χ4v) is 1.98. The lowest BCUT2D eigenvalue weighted by molar-refractivity contribution is -0.0569. The third-order valence-electron chi connectivity index (χ3n) is 3.15. The molecule has 0 atom stereocenters. The predicted octanol–water partition coefficient (Wildman–Crippen LogP) is 2.00. The molecule has 2 N–H and O–H groups in total. The lowest BCUT2D eigenvalue weighted by atomic mass is 9.86. The van der Waals surface area contributed by atoms with Crippen LogP contribution in [0.25, 0.3) is 0 Å². The first kappa shape index (κ1) is 11.4. The van der Waals surface area contributed by atoms with Crippen molar-refractivity contribution in [3.8, 4) is 5.75 Å². The quantitative estimate of drug-likeness (QED) is 0.849. The molecule has 0 saturated carbocycles. The molecule has 1 heterocycles. The number of hydrogen-bond acceptors (Lipinski definition) is 3. The summed E-state index contributed by atoms with van der Waals surface area (Å²) < 4.78 is 10.5. The lowest BCUT2D eigenvalue weighted by Gasteiger charge is -2.38. The summed E-state index contributed by atoms with van der Waals surface area (Å²) in [6, 6.07) is 6.18. The summed E-state index contributed by atoms with van der Waals surface area (Å²) >= 11 is 0. The average molecular weight is 221 g/mol. The van der Waals surface area contributed by atoms with E-state index in [0.717, 1.165) is 11.3 Å². The second-order valence-corrected chi connectivity index (χ2v) is 4.76. The van der Waals surface area contributed by atoms with Gasteiger partial charge in [-0.15, -0.1) is 0 Å². The largest absolute Gasteiger partial charge is 0.496 e. The summed E-state index contributed by atoms with van der Waals surface area (Å²) in [5.41, 5.74) is 8.27. The van der Waals surface area contributed by atoms with E-state index in [1.807, 2.05) is 12.1 Å². The molecule has 1 aliphatic rings. The van der Waals surface area contributed by atoms with Gasteiger partial charge < -0.3 is 15.2 Å². The summed E-state index contributed by atoms with van der Waals surface area (Å²) in [6.07, 6.45) is 0. The molecule has 1 saturated heterocycles. The van der Waals surface area contributed by atoms with Crippen LogP contribution in [0.15, 0.2) is 18.2 Å². The Morgan fingerprint density at radius 2 is 2.06 bits per heavy atom. The summed E-state index contributed by atoms with van der Waals surface area (Å²) in [7, 11) is 1.70. The van der Waals surface area contributed by atoms with Crippen molar-refractivity contribution in [1.29, 1.82) is 0 Å². The maximum absolute atomic E-state index is 6.22. The van der Waals surface area contributed by atoms with E-state index in [9.17, 15) is 0 Å². The molecule has 0 amide bonds. The second kappa shape index (κ2) is 4.07. The molecule has 0 spiro atoms. The number of hydrogen-bond donors (Lipinski definition) is 1. The number of nitrogens with two attached hydrogens (primary N) is 1. The minimum Gasteiger partial charge on any atom is -0.496 e. The molecule has 1 aromatic rings. The summed E-state index contributed by atoms with van der Waals surface area (Å²) in [5.74, 6) is 1.36. The van der Waals surface area contributed by atoms with Crippen LogP contribution < -0.4 is 10.5 Å². The molecule has 1 aromatic carbocycles. The Kier molecular flexibility index (Phi) is 2.91. The highest BCUT2D eigenvalue weighted by molar-refractivity contribution is 5.42. The Hall–Kier alpha value is -1.06. The van der Waals surface area contributed by atoms with Crippen LogP contribution >= 0.6 is 0 Å². The summed E-state index contributed by atoms with van der Waals surface area (Å²) in [6.45, 7) is 5.53. The highest BCUT2D eigenvalue weighted by Gasteiger charge is 2.36. The zero-order chi connectivity index (χ0) is 11.8. The smallest absolute Gasteiger partial charge is 0.122 e. The third-order valence-corrected chi connectivity index (χ3v) is 3.15. The summed E-state index contributed by atoms with van der Waals surface area (Å²) in [4.78, 5) is 0. The predicted molar refractivity (Wildman–Crippen MR) is 63.8 cm³/mol. The van der Waals surface area contributed by atoms with E-state index >= 15 is 0 Å². The molecule has 3 nitrogen and oxygen atoms in total. The van der Waals surface area contributed by atoms with E-state index in [2.05, 4.69) is 19.9 Å². The van der Waals surface area contributed by atoms with Crippen molar-refractivity contribution >= 4 is 0 Å². The van der Waals surface area contributed by atoms with Gasteiger partial charge in [0, 0.05) is 0 Å². The van der Waals surface area contributed by atoms with Gasteiger partial charge in [0.2, 0.25) is 0 Å². The van der Waals surface area contributed by atoms with Gasteiger partial charge in [0.05, 0.1) is 25.9 Å². The zero-order valence-electron chi connectivity index (χ0n) is 10.1. The second-order valence-electron chi connectivity index (χ2n) is 4.76. The minimum atomic E-state index is -0.296. The SMILES string of the molecule is COc1ccc(C2(N)COC2)cc1C(C)C. The lowest BCUT2D eigenvalue weighted by Crippen LogP contribution is -2.54. The van der Waals surface area contributed by atoms with Crippen molar-refractivity contribution in [3.05, 3.63) is 29.3 Å². The first-order chi connectivity index (χ1) is 7.57. The molecule has 16 heavy (non-hydrogen) atoms. The topological polar surface area (TPSA) is 44.5 Å². The van der Waals surface area contributed by atoms with E-state index in [-0.39, 0.29) is 5.54 Å². The normalized spacial score (nSPS) is 18.3. The molecule has 88 valence electrons. The molecule has 3 heteroatoms. The van der Waals surface area contributed by atoms with Gasteiger partial charge in [-0.05, 0) is 29.2 Å². The first-order valence-corrected chi connectivity index (χ1v) is 5.62. The van der Waals surface area contributed by atoms with Gasteiger partial charge in [0.15, 0.2) is 0 Å².